The molecule has 0 radical (unpaired) electrons. The molecule has 3 N–H and O–H groups in total. The third-order valence-electron chi connectivity index (χ3n) is 4.78. The minimum atomic E-state index is 0. The molecule has 7 heteroatoms. The van der Waals surface area contributed by atoms with Crippen LogP contribution in [0.15, 0.2) is 33.7 Å². The molecule has 0 saturated heterocycles. The van der Waals surface area contributed by atoms with Crippen LogP contribution in [0.25, 0.3) is 0 Å². The van der Waals surface area contributed by atoms with E-state index in [1.54, 1.807) is 7.05 Å². The number of nitrogens with zero attached hydrogens (tertiary/aromatic N) is 1. The molecule has 5 nitrogen and oxygen atoms in total. The lowest BCUT2D eigenvalue weighted by Gasteiger charge is -2.20. The summed E-state index contributed by atoms with van der Waals surface area (Å²) < 4.78 is 1.18. The second-order valence-electron chi connectivity index (χ2n) is 6.68. The second-order valence-corrected chi connectivity index (χ2v) is 7.53. The van der Waals surface area contributed by atoms with E-state index in [1.165, 1.54) is 22.9 Å². The van der Waals surface area contributed by atoms with Crippen molar-refractivity contribution in [2.75, 3.05) is 26.7 Å². The normalized spacial score (nSPS) is 18.1. The Hall–Kier alpha value is -0.830. The first kappa shape index (κ1) is 20.5. The lowest BCUT2D eigenvalue weighted by atomic mass is 9.96. The third-order valence-corrected chi connectivity index (χ3v) is 5.47. The van der Waals surface area contributed by atoms with Crippen LogP contribution >= 0.6 is 39.9 Å². The van der Waals surface area contributed by atoms with Crippen molar-refractivity contribution in [1.29, 1.82) is 0 Å². The molecule has 0 unspecified atom stereocenters. The number of benzene rings is 1. The van der Waals surface area contributed by atoms with Crippen LogP contribution in [0.3, 0.4) is 0 Å². The van der Waals surface area contributed by atoms with Gasteiger partial charge in [0, 0.05) is 42.5 Å². The van der Waals surface area contributed by atoms with E-state index in [2.05, 4.69) is 55.1 Å². The van der Waals surface area contributed by atoms with Crippen LogP contribution in [0.2, 0.25) is 0 Å². The van der Waals surface area contributed by atoms with Crippen LogP contribution in [-0.4, -0.2) is 38.5 Å². The highest BCUT2D eigenvalue weighted by atomic mass is 127. The number of rotatable bonds is 7. The van der Waals surface area contributed by atoms with Crippen molar-refractivity contribution in [3.8, 4) is 0 Å². The fourth-order valence-electron chi connectivity index (χ4n) is 2.91. The van der Waals surface area contributed by atoms with Crippen LogP contribution < -0.4 is 16.0 Å². The molecule has 1 aromatic rings. The van der Waals surface area contributed by atoms with Gasteiger partial charge in [-0.3, -0.25) is 9.79 Å². The molecule has 2 fully saturated rings. The Kier molecular flexibility index (Phi) is 7.54. The molecule has 2 saturated carbocycles. The number of carbonyl (C=O) groups excluding carboxylic acids is 1. The fourth-order valence-corrected chi connectivity index (χ4v) is 3.62. The number of aliphatic imine (C=N–C) groups is 1. The summed E-state index contributed by atoms with van der Waals surface area (Å²) in [6.07, 6.45) is 4.47. The van der Waals surface area contributed by atoms with Crippen LogP contribution in [0, 0.1) is 5.92 Å². The maximum atomic E-state index is 11.6. The molecule has 0 bridgehead atoms. The van der Waals surface area contributed by atoms with E-state index in [0.717, 1.165) is 25.3 Å². The van der Waals surface area contributed by atoms with Crippen LogP contribution in [0.5, 0.6) is 0 Å². The molecule has 25 heavy (non-hydrogen) atoms. The Morgan fingerprint density at radius 2 is 1.88 bits per heavy atom. The summed E-state index contributed by atoms with van der Waals surface area (Å²) in [6.45, 7) is 2.18. The van der Waals surface area contributed by atoms with E-state index in [-0.39, 0.29) is 41.2 Å². The number of amides is 1. The van der Waals surface area contributed by atoms with E-state index in [9.17, 15) is 4.79 Å². The van der Waals surface area contributed by atoms with Gasteiger partial charge in [0.1, 0.15) is 0 Å². The number of guanidine groups is 1. The quantitative estimate of drug-likeness (QED) is 0.224. The SMILES string of the molecule is CN=C(NCCNC(=O)C1CC1)NCC1(c2ccccc2Br)CC1.I. The van der Waals surface area contributed by atoms with E-state index >= 15 is 0 Å². The first-order chi connectivity index (χ1) is 11.6. The second kappa shape index (κ2) is 9.21. The third kappa shape index (κ3) is 5.57. The van der Waals surface area contributed by atoms with Crippen molar-refractivity contribution in [2.45, 2.75) is 31.1 Å². The highest BCUT2D eigenvalue weighted by molar-refractivity contribution is 14.0. The summed E-state index contributed by atoms with van der Waals surface area (Å²) in [7, 11) is 1.77. The van der Waals surface area contributed by atoms with Gasteiger partial charge < -0.3 is 16.0 Å². The van der Waals surface area contributed by atoms with Gasteiger partial charge in [-0.2, -0.15) is 0 Å². The highest BCUT2D eigenvalue weighted by Gasteiger charge is 2.45. The van der Waals surface area contributed by atoms with Gasteiger partial charge in [-0.25, -0.2) is 0 Å². The Bertz CT molecular complexity index is 629. The number of hydrogen-bond acceptors (Lipinski definition) is 2. The minimum absolute atomic E-state index is 0. The molecule has 0 spiro atoms. The molecule has 2 aliphatic rings. The number of carbonyl (C=O) groups is 1. The average molecular weight is 521 g/mol. The Labute approximate surface area is 175 Å². The average Bonchev–Trinajstić information content (AvgIpc) is 3.48. The zero-order valence-electron chi connectivity index (χ0n) is 14.5. The van der Waals surface area contributed by atoms with Gasteiger partial charge in [-0.05, 0) is 37.3 Å². The van der Waals surface area contributed by atoms with E-state index in [4.69, 9.17) is 0 Å². The topological polar surface area (TPSA) is 65.5 Å². The van der Waals surface area contributed by atoms with Crippen molar-refractivity contribution in [3.05, 3.63) is 34.3 Å². The number of nitrogens with one attached hydrogen (secondary N) is 3. The standard InChI is InChI=1S/C18H25BrN4O.HI/c1-20-17(22-11-10-21-16(24)13-6-7-13)23-12-18(8-9-18)14-4-2-3-5-15(14)19;/h2-5,13H,6-12H2,1H3,(H,21,24)(H2,20,22,23);1H. The monoisotopic (exact) mass is 520 g/mol. The molecular weight excluding hydrogens is 495 g/mol. The van der Waals surface area contributed by atoms with Gasteiger partial charge in [0.05, 0.1) is 0 Å². The molecule has 0 heterocycles. The fraction of sp³-hybridized carbons (Fsp3) is 0.556. The molecule has 0 aromatic heterocycles. The van der Waals surface area contributed by atoms with Gasteiger partial charge in [-0.1, -0.05) is 34.1 Å². The summed E-state index contributed by atoms with van der Waals surface area (Å²) in [4.78, 5) is 15.9. The smallest absolute Gasteiger partial charge is 0.223 e. The Balaban J connectivity index is 0.00000225. The largest absolute Gasteiger partial charge is 0.356 e. The molecule has 0 aliphatic heterocycles. The molecule has 3 rings (SSSR count). The maximum Gasteiger partial charge on any atom is 0.223 e. The lowest BCUT2D eigenvalue weighted by Crippen LogP contribution is -2.44. The van der Waals surface area contributed by atoms with E-state index in [0.29, 0.717) is 13.1 Å². The van der Waals surface area contributed by atoms with Gasteiger partial charge in [0.2, 0.25) is 5.91 Å². The van der Waals surface area contributed by atoms with Crippen molar-refractivity contribution >= 4 is 51.8 Å². The highest BCUT2D eigenvalue weighted by Crippen LogP contribution is 2.49. The summed E-state index contributed by atoms with van der Waals surface area (Å²) in [5, 5.41) is 9.64. The molecule has 0 atom stereocenters. The predicted molar refractivity (Wildman–Crippen MR) is 116 cm³/mol. The molecule has 1 amide bonds. The van der Waals surface area contributed by atoms with Gasteiger partial charge in [0.25, 0.3) is 0 Å². The zero-order valence-corrected chi connectivity index (χ0v) is 18.4. The predicted octanol–water partition coefficient (Wildman–Crippen LogP) is 2.79. The van der Waals surface area contributed by atoms with Crippen LogP contribution in [0.1, 0.15) is 31.2 Å². The summed E-state index contributed by atoms with van der Waals surface area (Å²) >= 11 is 3.66. The Morgan fingerprint density at radius 1 is 1.20 bits per heavy atom. The summed E-state index contributed by atoms with van der Waals surface area (Å²) in [5.41, 5.74) is 1.57. The van der Waals surface area contributed by atoms with Crippen LogP contribution in [0.4, 0.5) is 0 Å². The molecule has 138 valence electrons. The van der Waals surface area contributed by atoms with Crippen LogP contribution in [-0.2, 0) is 10.2 Å². The Morgan fingerprint density at radius 3 is 2.48 bits per heavy atom. The van der Waals surface area contributed by atoms with Crippen molar-refractivity contribution < 1.29 is 4.79 Å². The maximum absolute atomic E-state index is 11.6. The number of halogens is 2. The van der Waals surface area contributed by atoms with Crippen molar-refractivity contribution in [3.63, 3.8) is 0 Å². The first-order valence-electron chi connectivity index (χ1n) is 8.62. The molecule has 2 aliphatic carbocycles. The first-order valence-corrected chi connectivity index (χ1v) is 9.41. The van der Waals surface area contributed by atoms with Crippen molar-refractivity contribution in [2.24, 2.45) is 10.9 Å². The lowest BCUT2D eigenvalue weighted by molar-refractivity contribution is -0.122. The van der Waals surface area contributed by atoms with Gasteiger partial charge in [0.15, 0.2) is 5.96 Å². The summed E-state index contributed by atoms with van der Waals surface area (Å²) in [6, 6.07) is 8.44. The van der Waals surface area contributed by atoms with E-state index < -0.39 is 0 Å². The van der Waals surface area contributed by atoms with E-state index in [1.807, 2.05) is 6.07 Å². The number of hydrogen-bond donors (Lipinski definition) is 3. The van der Waals surface area contributed by atoms with Crippen molar-refractivity contribution in [1.82, 2.24) is 16.0 Å². The van der Waals surface area contributed by atoms with Gasteiger partial charge >= 0.3 is 0 Å². The van der Waals surface area contributed by atoms with Gasteiger partial charge in [-0.15, -0.1) is 24.0 Å². The summed E-state index contributed by atoms with van der Waals surface area (Å²) in [5.74, 6) is 1.24. The molecule has 1 aromatic carbocycles. The molecular formula is C18H26BrIN4O. The zero-order chi connectivity index (χ0) is 17.0. The minimum Gasteiger partial charge on any atom is -0.356 e.